The summed E-state index contributed by atoms with van der Waals surface area (Å²) < 4.78 is 46.1. The molecule has 1 atom stereocenters. The van der Waals surface area contributed by atoms with Crippen molar-refractivity contribution in [1.82, 2.24) is 4.72 Å². The summed E-state index contributed by atoms with van der Waals surface area (Å²) in [7, 11) is -3.84. The standard InChI is InChI=1S/C18H18FNO5S/c19-14-4-2-5-15(10-14)26(23,24)20-11-13-7-8-25-18-12(9-17(21)22)3-1-6-16(13)18/h1-6,10,13,20H,7-9,11H2,(H,21,22). The minimum atomic E-state index is -3.84. The number of carboxylic acid groups (broad SMARTS) is 1. The van der Waals surface area contributed by atoms with Crippen molar-refractivity contribution >= 4 is 16.0 Å². The first kappa shape index (κ1) is 18.3. The van der Waals surface area contributed by atoms with Crippen LogP contribution >= 0.6 is 0 Å². The molecule has 0 amide bonds. The van der Waals surface area contributed by atoms with E-state index in [1.165, 1.54) is 18.2 Å². The van der Waals surface area contributed by atoms with Crippen LogP contribution in [0.5, 0.6) is 5.75 Å². The van der Waals surface area contributed by atoms with Crippen LogP contribution in [0.4, 0.5) is 4.39 Å². The van der Waals surface area contributed by atoms with E-state index >= 15 is 0 Å². The maximum Gasteiger partial charge on any atom is 0.307 e. The summed E-state index contributed by atoms with van der Waals surface area (Å²) in [6.45, 7) is 0.488. The predicted molar refractivity (Wildman–Crippen MR) is 92.2 cm³/mol. The van der Waals surface area contributed by atoms with Gasteiger partial charge in [-0.3, -0.25) is 4.79 Å². The van der Waals surface area contributed by atoms with Crippen LogP contribution in [-0.2, 0) is 21.2 Å². The van der Waals surface area contributed by atoms with Gasteiger partial charge in [0.2, 0.25) is 10.0 Å². The largest absolute Gasteiger partial charge is 0.493 e. The Bertz CT molecular complexity index is 929. The van der Waals surface area contributed by atoms with E-state index in [0.29, 0.717) is 24.3 Å². The fraction of sp³-hybridized carbons (Fsp3) is 0.278. The molecule has 0 aromatic heterocycles. The molecule has 1 aliphatic heterocycles. The number of carbonyl (C=O) groups is 1. The Balaban J connectivity index is 1.79. The third-order valence-electron chi connectivity index (χ3n) is 4.25. The first-order chi connectivity index (χ1) is 12.4. The van der Waals surface area contributed by atoms with Crippen LogP contribution in [0.3, 0.4) is 0 Å². The van der Waals surface area contributed by atoms with Crippen molar-refractivity contribution < 1.29 is 27.4 Å². The molecule has 26 heavy (non-hydrogen) atoms. The Morgan fingerprint density at radius 3 is 2.77 bits per heavy atom. The van der Waals surface area contributed by atoms with Crippen LogP contribution < -0.4 is 9.46 Å². The van der Waals surface area contributed by atoms with E-state index in [0.717, 1.165) is 11.6 Å². The Hall–Kier alpha value is -2.45. The molecule has 2 aromatic carbocycles. The summed E-state index contributed by atoms with van der Waals surface area (Å²) in [6.07, 6.45) is 0.431. The van der Waals surface area contributed by atoms with Gasteiger partial charge >= 0.3 is 5.97 Å². The number of carboxylic acids is 1. The second kappa shape index (κ2) is 7.43. The molecule has 0 bridgehead atoms. The highest BCUT2D eigenvalue weighted by Gasteiger charge is 2.26. The van der Waals surface area contributed by atoms with E-state index in [-0.39, 0.29) is 23.8 Å². The summed E-state index contributed by atoms with van der Waals surface area (Å²) in [5.74, 6) is -1.23. The highest BCUT2D eigenvalue weighted by atomic mass is 32.2. The molecule has 1 aliphatic rings. The van der Waals surface area contributed by atoms with E-state index in [1.807, 2.05) is 0 Å². The van der Waals surface area contributed by atoms with Crippen molar-refractivity contribution in [3.63, 3.8) is 0 Å². The number of rotatable bonds is 6. The first-order valence-electron chi connectivity index (χ1n) is 8.08. The maximum absolute atomic E-state index is 13.3. The van der Waals surface area contributed by atoms with Crippen molar-refractivity contribution in [3.8, 4) is 5.75 Å². The SMILES string of the molecule is O=C(O)Cc1cccc2c1OCCC2CNS(=O)(=O)c1cccc(F)c1. The average molecular weight is 379 g/mol. The van der Waals surface area contributed by atoms with E-state index < -0.39 is 21.8 Å². The number of para-hydroxylation sites is 1. The fourth-order valence-electron chi connectivity index (χ4n) is 3.00. The van der Waals surface area contributed by atoms with Gasteiger partial charge in [-0.15, -0.1) is 0 Å². The quantitative estimate of drug-likeness (QED) is 0.803. The van der Waals surface area contributed by atoms with Gasteiger partial charge in [-0.05, 0) is 30.2 Å². The Labute approximate surface area is 150 Å². The molecule has 138 valence electrons. The van der Waals surface area contributed by atoms with Crippen molar-refractivity contribution in [2.45, 2.75) is 23.7 Å². The molecule has 0 saturated heterocycles. The van der Waals surface area contributed by atoms with Gasteiger partial charge in [-0.1, -0.05) is 24.3 Å². The number of halogens is 1. The van der Waals surface area contributed by atoms with Gasteiger partial charge in [0.05, 0.1) is 17.9 Å². The number of sulfonamides is 1. The topological polar surface area (TPSA) is 92.7 Å². The normalized spacial score (nSPS) is 16.6. The number of ether oxygens (including phenoxy) is 1. The molecular weight excluding hydrogens is 361 g/mol. The summed E-state index contributed by atoms with van der Waals surface area (Å²) >= 11 is 0. The molecule has 1 heterocycles. The summed E-state index contributed by atoms with van der Waals surface area (Å²) in [6, 6.07) is 10.0. The zero-order chi connectivity index (χ0) is 18.7. The molecular formula is C18H18FNO5S. The maximum atomic E-state index is 13.3. The van der Waals surface area contributed by atoms with E-state index in [4.69, 9.17) is 9.84 Å². The van der Waals surface area contributed by atoms with Crippen LogP contribution in [0.25, 0.3) is 0 Å². The molecule has 2 aromatic rings. The molecule has 0 aliphatic carbocycles. The summed E-state index contributed by atoms with van der Waals surface area (Å²) in [5.41, 5.74) is 1.34. The molecule has 0 fully saturated rings. The highest BCUT2D eigenvalue weighted by Crippen LogP contribution is 2.36. The summed E-state index contributed by atoms with van der Waals surface area (Å²) in [5, 5.41) is 9.02. The third kappa shape index (κ3) is 4.03. The van der Waals surface area contributed by atoms with Crippen molar-refractivity contribution in [1.29, 1.82) is 0 Å². The lowest BCUT2D eigenvalue weighted by molar-refractivity contribution is -0.136. The zero-order valence-electron chi connectivity index (χ0n) is 13.8. The van der Waals surface area contributed by atoms with Crippen LogP contribution in [0.2, 0.25) is 0 Å². The molecule has 0 radical (unpaired) electrons. The number of nitrogens with one attached hydrogen (secondary N) is 1. The zero-order valence-corrected chi connectivity index (χ0v) is 14.6. The van der Waals surface area contributed by atoms with E-state index in [1.54, 1.807) is 18.2 Å². The van der Waals surface area contributed by atoms with Crippen molar-refractivity contribution in [3.05, 3.63) is 59.4 Å². The number of aliphatic carboxylic acids is 1. The van der Waals surface area contributed by atoms with Crippen LogP contribution in [0, 0.1) is 5.82 Å². The van der Waals surface area contributed by atoms with Crippen LogP contribution in [0.1, 0.15) is 23.5 Å². The molecule has 0 saturated carbocycles. The first-order valence-corrected chi connectivity index (χ1v) is 9.57. The minimum Gasteiger partial charge on any atom is -0.493 e. The monoisotopic (exact) mass is 379 g/mol. The molecule has 8 heteroatoms. The molecule has 2 N–H and O–H groups in total. The van der Waals surface area contributed by atoms with E-state index in [9.17, 15) is 17.6 Å². The lowest BCUT2D eigenvalue weighted by atomic mass is 9.91. The predicted octanol–water partition coefficient (Wildman–Crippen LogP) is 2.30. The van der Waals surface area contributed by atoms with Gasteiger partial charge in [-0.2, -0.15) is 0 Å². The highest BCUT2D eigenvalue weighted by molar-refractivity contribution is 7.89. The van der Waals surface area contributed by atoms with E-state index in [2.05, 4.69) is 4.72 Å². The van der Waals surface area contributed by atoms with Gasteiger partial charge in [0.25, 0.3) is 0 Å². The Morgan fingerprint density at radius 2 is 2.04 bits per heavy atom. The van der Waals surface area contributed by atoms with Crippen molar-refractivity contribution in [2.24, 2.45) is 0 Å². The molecule has 6 nitrogen and oxygen atoms in total. The van der Waals surface area contributed by atoms with Crippen LogP contribution in [-0.4, -0.2) is 32.6 Å². The van der Waals surface area contributed by atoms with Crippen LogP contribution in [0.15, 0.2) is 47.4 Å². The lowest BCUT2D eigenvalue weighted by Gasteiger charge is -2.27. The van der Waals surface area contributed by atoms with Gasteiger partial charge in [-0.25, -0.2) is 17.5 Å². The molecule has 0 spiro atoms. The second-order valence-corrected chi connectivity index (χ2v) is 7.82. The third-order valence-corrected chi connectivity index (χ3v) is 5.67. The molecule has 3 rings (SSSR count). The number of hydrogen-bond donors (Lipinski definition) is 2. The fourth-order valence-corrected chi connectivity index (χ4v) is 4.12. The van der Waals surface area contributed by atoms with Gasteiger partial charge < -0.3 is 9.84 Å². The Morgan fingerprint density at radius 1 is 1.27 bits per heavy atom. The second-order valence-electron chi connectivity index (χ2n) is 6.05. The number of hydrogen-bond acceptors (Lipinski definition) is 4. The average Bonchev–Trinajstić information content (AvgIpc) is 2.60. The van der Waals surface area contributed by atoms with Gasteiger partial charge in [0, 0.05) is 18.0 Å². The number of fused-ring (bicyclic) bond motifs is 1. The van der Waals surface area contributed by atoms with Gasteiger partial charge in [0.1, 0.15) is 11.6 Å². The molecule has 1 unspecified atom stereocenters. The smallest absolute Gasteiger partial charge is 0.307 e. The van der Waals surface area contributed by atoms with Crippen molar-refractivity contribution in [2.75, 3.05) is 13.2 Å². The number of benzene rings is 2. The lowest BCUT2D eigenvalue weighted by Crippen LogP contribution is -2.31. The Kier molecular flexibility index (Phi) is 5.24. The summed E-state index contributed by atoms with van der Waals surface area (Å²) in [4.78, 5) is 10.9. The van der Waals surface area contributed by atoms with Gasteiger partial charge in [0.15, 0.2) is 0 Å². The minimum absolute atomic E-state index is 0.117.